The van der Waals surface area contributed by atoms with Crippen molar-refractivity contribution in [1.82, 2.24) is 9.80 Å². The van der Waals surface area contributed by atoms with Crippen molar-refractivity contribution in [3.8, 4) is 0 Å². The minimum absolute atomic E-state index is 0.355. The summed E-state index contributed by atoms with van der Waals surface area (Å²) in [6, 6.07) is 0.400. The number of hydrogen-bond acceptors (Lipinski definition) is 4. The summed E-state index contributed by atoms with van der Waals surface area (Å²) in [6.45, 7) is 7.14. The molecule has 1 heterocycles. The van der Waals surface area contributed by atoms with Gasteiger partial charge in [-0.15, -0.1) is 0 Å². The molecule has 1 fully saturated rings. The Bertz CT molecular complexity index is 193. The Hall–Kier alpha value is -0.160. The van der Waals surface area contributed by atoms with Crippen LogP contribution in [0.4, 0.5) is 0 Å². The molecule has 4 heteroatoms. The van der Waals surface area contributed by atoms with Gasteiger partial charge in [0.25, 0.3) is 0 Å². The van der Waals surface area contributed by atoms with Crippen LogP contribution in [0.25, 0.3) is 0 Å². The Morgan fingerprint density at radius 1 is 1.29 bits per heavy atom. The van der Waals surface area contributed by atoms with Gasteiger partial charge in [-0.05, 0) is 39.9 Å². The number of hydrogen-bond donors (Lipinski definition) is 1. The van der Waals surface area contributed by atoms with E-state index in [1.54, 1.807) is 0 Å². The summed E-state index contributed by atoms with van der Waals surface area (Å²) in [5, 5.41) is 0. The molecule has 0 aliphatic carbocycles. The summed E-state index contributed by atoms with van der Waals surface area (Å²) in [7, 11) is 4.24. The van der Waals surface area contributed by atoms with Crippen molar-refractivity contribution >= 4 is 0 Å². The molecule has 0 spiro atoms. The zero-order valence-corrected chi connectivity index (χ0v) is 11.7. The second kappa shape index (κ2) is 8.03. The average Bonchev–Trinajstić information content (AvgIpc) is 2.80. The van der Waals surface area contributed by atoms with Gasteiger partial charge in [0, 0.05) is 32.3 Å². The highest BCUT2D eigenvalue weighted by Gasteiger charge is 2.29. The quantitative estimate of drug-likeness (QED) is 0.683. The first-order valence-corrected chi connectivity index (χ1v) is 6.89. The van der Waals surface area contributed by atoms with Crippen LogP contribution in [0.3, 0.4) is 0 Å². The van der Waals surface area contributed by atoms with Crippen molar-refractivity contribution in [3.63, 3.8) is 0 Å². The molecule has 1 saturated heterocycles. The molecule has 0 bridgehead atoms. The number of likely N-dealkylation sites (N-methyl/N-ethyl adjacent to an activating group) is 1. The Balaban J connectivity index is 2.51. The molecule has 0 aromatic carbocycles. The van der Waals surface area contributed by atoms with Gasteiger partial charge in [-0.3, -0.25) is 4.90 Å². The highest BCUT2D eigenvalue weighted by Crippen LogP contribution is 2.19. The lowest BCUT2D eigenvalue weighted by atomic mass is 10.1. The van der Waals surface area contributed by atoms with Gasteiger partial charge in [-0.2, -0.15) is 0 Å². The summed E-state index contributed by atoms with van der Waals surface area (Å²) in [6.07, 6.45) is 3.89. The van der Waals surface area contributed by atoms with Crippen LogP contribution in [0.1, 0.15) is 26.2 Å². The van der Waals surface area contributed by atoms with Crippen LogP contribution in [0.5, 0.6) is 0 Å². The first-order chi connectivity index (χ1) is 8.19. The smallest absolute Gasteiger partial charge is 0.0743 e. The van der Waals surface area contributed by atoms with E-state index in [1.165, 1.54) is 19.3 Å². The van der Waals surface area contributed by atoms with E-state index in [9.17, 15) is 0 Å². The Kier molecular flexibility index (Phi) is 7.04. The van der Waals surface area contributed by atoms with Gasteiger partial charge < -0.3 is 15.4 Å². The van der Waals surface area contributed by atoms with Gasteiger partial charge in [0.15, 0.2) is 0 Å². The predicted molar refractivity (Wildman–Crippen MR) is 72.2 cm³/mol. The van der Waals surface area contributed by atoms with E-state index >= 15 is 0 Å². The van der Waals surface area contributed by atoms with Crippen molar-refractivity contribution in [2.24, 2.45) is 5.73 Å². The van der Waals surface area contributed by atoms with Crippen LogP contribution in [-0.2, 0) is 4.74 Å². The molecule has 0 aromatic rings. The summed E-state index contributed by atoms with van der Waals surface area (Å²) in [5.41, 5.74) is 5.95. The number of nitrogens with two attached hydrogens (primary N) is 1. The summed E-state index contributed by atoms with van der Waals surface area (Å²) in [5.74, 6) is 0. The summed E-state index contributed by atoms with van der Waals surface area (Å²) >= 11 is 0. The fourth-order valence-electron chi connectivity index (χ4n) is 2.50. The zero-order valence-electron chi connectivity index (χ0n) is 11.7. The topological polar surface area (TPSA) is 41.7 Å². The minimum Gasteiger partial charge on any atom is -0.377 e. The maximum atomic E-state index is 5.95. The first kappa shape index (κ1) is 14.9. The lowest BCUT2D eigenvalue weighted by Crippen LogP contribution is -2.50. The number of ether oxygens (including phenoxy) is 1. The fourth-order valence-corrected chi connectivity index (χ4v) is 2.50. The highest BCUT2D eigenvalue weighted by atomic mass is 16.5. The van der Waals surface area contributed by atoms with Crippen molar-refractivity contribution in [3.05, 3.63) is 0 Å². The fraction of sp³-hybridized carbons (Fsp3) is 1.00. The first-order valence-electron chi connectivity index (χ1n) is 6.89. The molecule has 1 aliphatic rings. The van der Waals surface area contributed by atoms with Crippen LogP contribution >= 0.6 is 0 Å². The normalized spacial score (nSPS) is 22.6. The van der Waals surface area contributed by atoms with Gasteiger partial charge >= 0.3 is 0 Å². The molecule has 0 amide bonds. The molecule has 1 aliphatic heterocycles. The van der Waals surface area contributed by atoms with Crippen LogP contribution in [0.15, 0.2) is 0 Å². The van der Waals surface area contributed by atoms with E-state index in [1.807, 2.05) is 0 Å². The van der Waals surface area contributed by atoms with Crippen LogP contribution in [0, 0.1) is 0 Å². The maximum Gasteiger partial charge on any atom is 0.0743 e. The van der Waals surface area contributed by atoms with Gasteiger partial charge in [-0.25, -0.2) is 0 Å². The molecule has 0 radical (unpaired) electrons. The third kappa shape index (κ3) is 4.92. The van der Waals surface area contributed by atoms with Gasteiger partial charge in [0.2, 0.25) is 0 Å². The van der Waals surface area contributed by atoms with E-state index in [0.717, 1.165) is 26.2 Å². The zero-order chi connectivity index (χ0) is 12.7. The maximum absolute atomic E-state index is 5.95. The second-order valence-electron chi connectivity index (χ2n) is 5.19. The largest absolute Gasteiger partial charge is 0.377 e. The molecule has 4 nitrogen and oxygen atoms in total. The molecule has 2 N–H and O–H groups in total. The third-order valence-corrected chi connectivity index (χ3v) is 3.45. The van der Waals surface area contributed by atoms with Crippen molar-refractivity contribution in [2.75, 3.05) is 46.9 Å². The SMILES string of the molecule is CCCN(CCN(C)C)C(CN)C1CCCO1. The molecule has 17 heavy (non-hydrogen) atoms. The lowest BCUT2D eigenvalue weighted by molar-refractivity contribution is 0.0249. The number of rotatable bonds is 8. The lowest BCUT2D eigenvalue weighted by Gasteiger charge is -2.34. The van der Waals surface area contributed by atoms with E-state index in [-0.39, 0.29) is 0 Å². The molecule has 1 rings (SSSR count). The molecule has 2 unspecified atom stereocenters. The molecular weight excluding hydrogens is 214 g/mol. The van der Waals surface area contributed by atoms with Crippen molar-refractivity contribution in [2.45, 2.75) is 38.3 Å². The molecule has 2 atom stereocenters. The van der Waals surface area contributed by atoms with Crippen molar-refractivity contribution < 1.29 is 4.74 Å². The molecule has 0 aromatic heterocycles. The minimum atomic E-state index is 0.355. The van der Waals surface area contributed by atoms with E-state index in [4.69, 9.17) is 10.5 Å². The van der Waals surface area contributed by atoms with E-state index in [0.29, 0.717) is 18.7 Å². The molecule has 102 valence electrons. The van der Waals surface area contributed by atoms with Crippen molar-refractivity contribution in [1.29, 1.82) is 0 Å². The van der Waals surface area contributed by atoms with E-state index in [2.05, 4.69) is 30.8 Å². The monoisotopic (exact) mass is 243 g/mol. The van der Waals surface area contributed by atoms with Gasteiger partial charge in [0.05, 0.1) is 6.10 Å². The van der Waals surface area contributed by atoms with Crippen LogP contribution in [-0.4, -0.2) is 68.8 Å². The second-order valence-corrected chi connectivity index (χ2v) is 5.19. The highest BCUT2D eigenvalue weighted by molar-refractivity contribution is 4.84. The Morgan fingerprint density at radius 2 is 2.06 bits per heavy atom. The van der Waals surface area contributed by atoms with Crippen LogP contribution < -0.4 is 5.73 Å². The summed E-state index contributed by atoms with van der Waals surface area (Å²) in [4.78, 5) is 4.74. The van der Waals surface area contributed by atoms with E-state index < -0.39 is 0 Å². The predicted octanol–water partition coefficient (Wildman–Crippen LogP) is 0.766. The standard InChI is InChI=1S/C13H29N3O/c1-4-7-16(9-8-15(2)3)12(11-14)13-6-5-10-17-13/h12-13H,4-11,14H2,1-3H3. The Morgan fingerprint density at radius 3 is 2.53 bits per heavy atom. The third-order valence-electron chi connectivity index (χ3n) is 3.45. The van der Waals surface area contributed by atoms with Gasteiger partial charge in [-0.1, -0.05) is 6.92 Å². The Labute approximate surface area is 106 Å². The molecule has 0 saturated carbocycles. The average molecular weight is 243 g/mol. The molecular formula is C13H29N3O. The van der Waals surface area contributed by atoms with Crippen LogP contribution in [0.2, 0.25) is 0 Å². The number of nitrogens with zero attached hydrogens (tertiary/aromatic N) is 2. The van der Waals surface area contributed by atoms with Gasteiger partial charge in [0.1, 0.15) is 0 Å². The summed E-state index contributed by atoms with van der Waals surface area (Å²) < 4.78 is 5.80.